The van der Waals surface area contributed by atoms with E-state index in [4.69, 9.17) is 0 Å². The molecule has 1 aliphatic rings. The molecule has 106 valence electrons. The molecule has 1 fully saturated rings. The highest BCUT2D eigenvalue weighted by Gasteiger charge is 2.41. The van der Waals surface area contributed by atoms with Crippen LogP contribution in [-0.2, 0) is 12.0 Å². The lowest BCUT2D eigenvalue weighted by Gasteiger charge is -2.22. The Kier molecular flexibility index (Phi) is 3.09. The quantitative estimate of drug-likeness (QED) is 0.844. The maximum atomic E-state index is 14.2. The Hall–Kier alpha value is -2.09. The Bertz CT molecular complexity index is 604. The number of hydrogen-bond donors (Lipinski definition) is 2. The molecule has 0 saturated carbocycles. The Morgan fingerprint density at radius 2 is 2.35 bits per heavy atom. The van der Waals surface area contributed by atoms with Gasteiger partial charge in [0.15, 0.2) is 11.6 Å². The molecule has 1 saturated heterocycles. The maximum Gasteiger partial charge on any atom is 0.187 e. The van der Waals surface area contributed by atoms with E-state index >= 15 is 0 Å². The van der Waals surface area contributed by atoms with Crippen molar-refractivity contribution in [2.75, 3.05) is 18.0 Å². The summed E-state index contributed by atoms with van der Waals surface area (Å²) in [6.07, 6.45) is 3.79. The van der Waals surface area contributed by atoms with Crippen molar-refractivity contribution >= 4 is 5.82 Å². The second kappa shape index (κ2) is 4.78. The van der Waals surface area contributed by atoms with E-state index in [9.17, 15) is 9.50 Å². The average molecular weight is 278 g/mol. The van der Waals surface area contributed by atoms with E-state index in [-0.39, 0.29) is 12.4 Å². The number of rotatable bonds is 3. The fourth-order valence-corrected chi connectivity index (χ4v) is 2.47. The van der Waals surface area contributed by atoms with Crippen molar-refractivity contribution in [3.63, 3.8) is 0 Å². The Morgan fingerprint density at radius 3 is 3.05 bits per heavy atom. The maximum absolute atomic E-state index is 14.2. The van der Waals surface area contributed by atoms with Gasteiger partial charge in [0, 0.05) is 13.0 Å². The number of H-pyrrole nitrogens is 1. The van der Waals surface area contributed by atoms with Gasteiger partial charge in [-0.3, -0.25) is 0 Å². The first-order chi connectivity index (χ1) is 9.64. The molecule has 1 aliphatic heterocycles. The summed E-state index contributed by atoms with van der Waals surface area (Å²) >= 11 is 0. The fraction of sp³-hybridized carbons (Fsp3) is 0.500. The predicted molar refractivity (Wildman–Crippen MR) is 68.5 cm³/mol. The van der Waals surface area contributed by atoms with Gasteiger partial charge in [-0.15, -0.1) is 0 Å². The summed E-state index contributed by atoms with van der Waals surface area (Å²) in [5.74, 6) is -0.185. The van der Waals surface area contributed by atoms with E-state index in [1.807, 2.05) is 6.92 Å². The summed E-state index contributed by atoms with van der Waals surface area (Å²) in [4.78, 5) is 9.63. The minimum Gasteiger partial charge on any atom is -0.381 e. The third-order valence-electron chi connectivity index (χ3n) is 3.62. The number of aliphatic hydroxyl groups is 1. The molecule has 1 unspecified atom stereocenters. The molecule has 0 spiro atoms. The van der Waals surface area contributed by atoms with Gasteiger partial charge in [0.05, 0.1) is 18.4 Å². The zero-order chi connectivity index (χ0) is 14.2. The molecule has 2 aromatic rings. The molecule has 1 atom stereocenters. The van der Waals surface area contributed by atoms with Crippen LogP contribution in [0.25, 0.3) is 0 Å². The van der Waals surface area contributed by atoms with Crippen molar-refractivity contribution in [2.45, 2.75) is 25.4 Å². The smallest absolute Gasteiger partial charge is 0.187 e. The lowest BCUT2D eigenvalue weighted by Crippen LogP contribution is -2.32. The van der Waals surface area contributed by atoms with Crippen LogP contribution < -0.4 is 4.90 Å². The molecule has 8 heteroatoms. The minimum atomic E-state index is -1.13. The van der Waals surface area contributed by atoms with Crippen LogP contribution in [-0.4, -0.2) is 43.6 Å². The van der Waals surface area contributed by atoms with Gasteiger partial charge in [-0.1, -0.05) is 6.92 Å². The Balaban J connectivity index is 1.88. The van der Waals surface area contributed by atoms with E-state index in [0.717, 1.165) is 0 Å². The Morgan fingerprint density at radius 1 is 1.50 bits per heavy atom. The number of hydrogen-bond acceptors (Lipinski definition) is 6. The average Bonchev–Trinajstić information content (AvgIpc) is 3.09. The van der Waals surface area contributed by atoms with E-state index in [1.54, 1.807) is 4.90 Å². The third-order valence-corrected chi connectivity index (χ3v) is 3.62. The van der Waals surface area contributed by atoms with Crippen LogP contribution in [0.4, 0.5) is 10.2 Å². The van der Waals surface area contributed by atoms with Crippen LogP contribution in [0, 0.1) is 5.82 Å². The zero-order valence-corrected chi connectivity index (χ0v) is 11.0. The highest BCUT2D eigenvalue weighted by Crippen LogP contribution is 2.33. The first-order valence-electron chi connectivity index (χ1n) is 6.47. The summed E-state index contributed by atoms with van der Waals surface area (Å²) in [6, 6.07) is 0. The van der Waals surface area contributed by atoms with Crippen LogP contribution >= 0.6 is 0 Å². The van der Waals surface area contributed by atoms with Gasteiger partial charge < -0.3 is 10.0 Å². The SMILES string of the molecule is CCc1ncnc(N2CCC(O)(c3cn[nH]n3)C2)c1F. The molecule has 0 bridgehead atoms. The molecular weight excluding hydrogens is 263 g/mol. The van der Waals surface area contributed by atoms with E-state index in [1.165, 1.54) is 12.5 Å². The molecule has 2 aromatic heterocycles. The van der Waals surface area contributed by atoms with Crippen molar-refractivity contribution in [3.8, 4) is 0 Å². The monoisotopic (exact) mass is 278 g/mol. The molecule has 0 aromatic carbocycles. The van der Waals surface area contributed by atoms with Crippen LogP contribution in [0.15, 0.2) is 12.5 Å². The van der Waals surface area contributed by atoms with Gasteiger partial charge >= 0.3 is 0 Å². The van der Waals surface area contributed by atoms with Crippen molar-refractivity contribution in [3.05, 3.63) is 29.7 Å². The number of aryl methyl sites for hydroxylation is 1. The van der Waals surface area contributed by atoms with E-state index < -0.39 is 11.4 Å². The number of aromatic amines is 1. The first-order valence-corrected chi connectivity index (χ1v) is 6.47. The van der Waals surface area contributed by atoms with Crippen LogP contribution in [0.1, 0.15) is 24.7 Å². The molecule has 20 heavy (non-hydrogen) atoms. The number of nitrogens with one attached hydrogen (secondary N) is 1. The summed E-state index contributed by atoms with van der Waals surface area (Å²) in [5, 5.41) is 20.7. The minimum absolute atomic E-state index is 0.233. The largest absolute Gasteiger partial charge is 0.381 e. The van der Waals surface area contributed by atoms with Gasteiger partial charge in [-0.2, -0.15) is 15.4 Å². The third kappa shape index (κ3) is 2.01. The van der Waals surface area contributed by atoms with Gasteiger partial charge in [0.1, 0.15) is 17.6 Å². The highest BCUT2D eigenvalue weighted by molar-refractivity contribution is 5.43. The standard InChI is InChI=1S/C12H15FN6O/c1-2-8-10(13)11(15-7-14-8)19-4-3-12(20,6-19)9-5-16-18-17-9/h5,7,20H,2-4,6H2,1H3,(H,16,17,18). The summed E-state index contributed by atoms with van der Waals surface area (Å²) in [5.41, 5.74) is -0.284. The fourth-order valence-electron chi connectivity index (χ4n) is 2.47. The number of nitrogens with zero attached hydrogens (tertiary/aromatic N) is 5. The van der Waals surface area contributed by atoms with Gasteiger partial charge in [-0.25, -0.2) is 14.4 Å². The summed E-state index contributed by atoms with van der Waals surface area (Å²) in [6.45, 7) is 2.57. The second-order valence-electron chi connectivity index (χ2n) is 4.87. The number of β-amino-alcohol motifs (C(OH)–C–C–N with tert-alkyl or cyclic N) is 1. The zero-order valence-electron chi connectivity index (χ0n) is 11.0. The molecule has 0 radical (unpaired) electrons. The van der Waals surface area contributed by atoms with E-state index in [0.29, 0.717) is 30.8 Å². The molecule has 7 nitrogen and oxygen atoms in total. The lowest BCUT2D eigenvalue weighted by molar-refractivity contribution is 0.0559. The van der Waals surface area contributed by atoms with Crippen molar-refractivity contribution in [1.82, 2.24) is 25.4 Å². The molecule has 0 amide bonds. The molecular formula is C12H15FN6O. The summed E-state index contributed by atoms with van der Waals surface area (Å²) < 4.78 is 14.2. The van der Waals surface area contributed by atoms with E-state index in [2.05, 4.69) is 25.4 Å². The number of aromatic nitrogens is 5. The van der Waals surface area contributed by atoms with Crippen molar-refractivity contribution < 1.29 is 9.50 Å². The van der Waals surface area contributed by atoms with Gasteiger partial charge in [0.25, 0.3) is 0 Å². The normalized spacial score (nSPS) is 22.4. The predicted octanol–water partition coefficient (Wildman–Crippen LogP) is 0.394. The Labute approximate surface area is 114 Å². The summed E-state index contributed by atoms with van der Waals surface area (Å²) in [7, 11) is 0. The highest BCUT2D eigenvalue weighted by atomic mass is 19.1. The molecule has 3 heterocycles. The topological polar surface area (TPSA) is 90.8 Å². The number of halogens is 1. The van der Waals surface area contributed by atoms with Crippen LogP contribution in [0.5, 0.6) is 0 Å². The van der Waals surface area contributed by atoms with Gasteiger partial charge in [-0.05, 0) is 6.42 Å². The molecule has 3 rings (SSSR count). The van der Waals surface area contributed by atoms with Crippen molar-refractivity contribution in [2.24, 2.45) is 0 Å². The van der Waals surface area contributed by atoms with Crippen molar-refractivity contribution in [1.29, 1.82) is 0 Å². The van der Waals surface area contributed by atoms with Crippen LogP contribution in [0.3, 0.4) is 0 Å². The number of anilines is 1. The second-order valence-corrected chi connectivity index (χ2v) is 4.87. The molecule has 0 aliphatic carbocycles. The molecule has 2 N–H and O–H groups in total. The lowest BCUT2D eigenvalue weighted by atomic mass is 10.0. The van der Waals surface area contributed by atoms with Crippen LogP contribution in [0.2, 0.25) is 0 Å². The van der Waals surface area contributed by atoms with Gasteiger partial charge in [0.2, 0.25) is 0 Å². The first kappa shape index (κ1) is 12.9.